The molecule has 3 heteroatoms. The molecule has 0 amide bonds. The molecule has 0 fully saturated rings. The molecule has 0 N–H and O–H groups in total. The molecule has 0 radical (unpaired) electrons. The number of pyridine rings is 1. The van der Waals surface area contributed by atoms with Gasteiger partial charge in [-0.3, -0.25) is 4.98 Å². The number of carbonyl (C=O) groups is 1. The highest BCUT2D eigenvalue weighted by Crippen LogP contribution is 2.32. The minimum Gasteiger partial charge on any atom is -0.462 e. The van der Waals surface area contributed by atoms with E-state index in [2.05, 4.69) is 20.8 Å². The van der Waals surface area contributed by atoms with Crippen molar-refractivity contribution in [2.45, 2.75) is 58.8 Å². The lowest BCUT2D eigenvalue weighted by molar-refractivity contribution is 0.0523. The lowest BCUT2D eigenvalue weighted by Crippen LogP contribution is -2.17. The van der Waals surface area contributed by atoms with E-state index in [-0.39, 0.29) is 11.9 Å². The molecule has 0 saturated heterocycles. The Morgan fingerprint density at radius 1 is 1.53 bits per heavy atom. The van der Waals surface area contributed by atoms with Crippen LogP contribution in [-0.2, 0) is 11.2 Å². The Morgan fingerprint density at radius 3 is 2.89 bits per heavy atom. The van der Waals surface area contributed by atoms with Crippen molar-refractivity contribution in [3.63, 3.8) is 0 Å². The van der Waals surface area contributed by atoms with Crippen molar-refractivity contribution in [1.82, 2.24) is 4.98 Å². The van der Waals surface area contributed by atoms with Crippen LogP contribution in [0.3, 0.4) is 0 Å². The van der Waals surface area contributed by atoms with Gasteiger partial charge in [0.1, 0.15) is 0 Å². The van der Waals surface area contributed by atoms with Gasteiger partial charge in [-0.2, -0.15) is 0 Å². The Balaban J connectivity index is 2.50. The third kappa shape index (κ3) is 2.80. The Hall–Kier alpha value is -1.38. The van der Waals surface area contributed by atoms with Crippen LogP contribution in [0.15, 0.2) is 6.07 Å². The Kier molecular flexibility index (Phi) is 4.23. The van der Waals surface area contributed by atoms with Gasteiger partial charge in [-0.05, 0) is 49.7 Å². The van der Waals surface area contributed by atoms with Crippen LogP contribution < -0.4 is 0 Å². The van der Waals surface area contributed by atoms with Crippen LogP contribution >= 0.6 is 0 Å². The number of aryl methyl sites for hydroxylation is 1. The van der Waals surface area contributed by atoms with Gasteiger partial charge in [0, 0.05) is 5.69 Å². The maximum Gasteiger partial charge on any atom is 0.339 e. The first-order valence-corrected chi connectivity index (χ1v) is 7.25. The predicted octanol–water partition coefficient (Wildman–Crippen LogP) is 3.82. The maximum atomic E-state index is 12.1. The molecule has 104 valence electrons. The fraction of sp³-hybridized carbons (Fsp3) is 0.625. The molecule has 1 aromatic heterocycles. The molecule has 1 aliphatic rings. The van der Waals surface area contributed by atoms with Gasteiger partial charge in [0.15, 0.2) is 0 Å². The van der Waals surface area contributed by atoms with Crippen LogP contribution in [0.5, 0.6) is 0 Å². The zero-order valence-corrected chi connectivity index (χ0v) is 12.3. The molecule has 1 atom stereocenters. The molecule has 0 saturated carbocycles. The standard InChI is InChI=1S/C16H23NO2/c1-5-19-16(18)13-9-12-8-6-7-11(4)15(12)17-14(13)10(2)3/h9-11H,5-8H2,1-4H3. The molecule has 1 unspecified atom stereocenters. The number of hydrogen-bond donors (Lipinski definition) is 0. The Morgan fingerprint density at radius 2 is 2.26 bits per heavy atom. The van der Waals surface area contributed by atoms with E-state index in [4.69, 9.17) is 9.72 Å². The molecule has 0 aliphatic heterocycles. The van der Waals surface area contributed by atoms with Crippen LogP contribution in [0, 0.1) is 0 Å². The quantitative estimate of drug-likeness (QED) is 0.776. The first kappa shape index (κ1) is 14.0. The van der Waals surface area contributed by atoms with E-state index in [1.165, 1.54) is 24.1 Å². The third-order valence-electron chi connectivity index (χ3n) is 3.76. The summed E-state index contributed by atoms with van der Waals surface area (Å²) in [7, 11) is 0. The van der Waals surface area contributed by atoms with Gasteiger partial charge in [0.25, 0.3) is 0 Å². The van der Waals surface area contributed by atoms with Crippen molar-refractivity contribution in [2.75, 3.05) is 6.61 Å². The highest BCUT2D eigenvalue weighted by Gasteiger charge is 2.24. The molecule has 0 bridgehead atoms. The van der Waals surface area contributed by atoms with Crippen molar-refractivity contribution >= 4 is 5.97 Å². The highest BCUT2D eigenvalue weighted by molar-refractivity contribution is 5.91. The fourth-order valence-corrected chi connectivity index (χ4v) is 2.76. The monoisotopic (exact) mass is 261 g/mol. The van der Waals surface area contributed by atoms with E-state index in [0.29, 0.717) is 18.1 Å². The van der Waals surface area contributed by atoms with Crippen molar-refractivity contribution in [1.29, 1.82) is 0 Å². The summed E-state index contributed by atoms with van der Waals surface area (Å²) in [6.45, 7) is 8.61. The number of hydrogen-bond acceptors (Lipinski definition) is 3. The Labute approximate surface area is 115 Å². The van der Waals surface area contributed by atoms with Crippen LogP contribution in [0.4, 0.5) is 0 Å². The van der Waals surface area contributed by atoms with Crippen molar-refractivity contribution in [2.24, 2.45) is 0 Å². The molecule has 1 heterocycles. The number of fused-ring (bicyclic) bond motifs is 1. The van der Waals surface area contributed by atoms with E-state index < -0.39 is 0 Å². The largest absolute Gasteiger partial charge is 0.462 e. The minimum absolute atomic E-state index is 0.235. The molecule has 3 nitrogen and oxygen atoms in total. The number of carbonyl (C=O) groups excluding carboxylic acids is 1. The van der Waals surface area contributed by atoms with Gasteiger partial charge >= 0.3 is 5.97 Å². The van der Waals surface area contributed by atoms with Crippen molar-refractivity contribution in [3.05, 3.63) is 28.6 Å². The van der Waals surface area contributed by atoms with Crippen molar-refractivity contribution in [3.8, 4) is 0 Å². The number of esters is 1. The lowest BCUT2D eigenvalue weighted by Gasteiger charge is -2.24. The smallest absolute Gasteiger partial charge is 0.339 e. The van der Waals surface area contributed by atoms with Gasteiger partial charge in [0.05, 0.1) is 17.9 Å². The zero-order valence-electron chi connectivity index (χ0n) is 12.3. The molecular weight excluding hydrogens is 238 g/mol. The summed E-state index contributed by atoms with van der Waals surface area (Å²) in [4.78, 5) is 16.9. The van der Waals surface area contributed by atoms with Gasteiger partial charge in [-0.25, -0.2) is 4.79 Å². The van der Waals surface area contributed by atoms with Gasteiger partial charge in [-0.1, -0.05) is 20.8 Å². The van der Waals surface area contributed by atoms with E-state index in [0.717, 1.165) is 12.1 Å². The summed E-state index contributed by atoms with van der Waals surface area (Å²) >= 11 is 0. The topological polar surface area (TPSA) is 39.2 Å². The third-order valence-corrected chi connectivity index (χ3v) is 3.76. The highest BCUT2D eigenvalue weighted by atomic mass is 16.5. The molecule has 0 aromatic carbocycles. The number of ether oxygens (including phenoxy) is 1. The SMILES string of the molecule is CCOC(=O)c1cc2c(nc1C(C)C)C(C)CCC2. The zero-order chi connectivity index (χ0) is 14.0. The first-order chi connectivity index (χ1) is 9.04. The molecule has 0 spiro atoms. The Bertz CT molecular complexity index is 480. The normalized spacial score (nSPS) is 18.3. The number of aromatic nitrogens is 1. The summed E-state index contributed by atoms with van der Waals surface area (Å²) in [6.07, 6.45) is 3.40. The predicted molar refractivity (Wildman–Crippen MR) is 75.6 cm³/mol. The van der Waals surface area contributed by atoms with E-state index >= 15 is 0 Å². The van der Waals surface area contributed by atoms with Crippen LogP contribution in [0.1, 0.15) is 79.7 Å². The maximum absolute atomic E-state index is 12.1. The molecule has 19 heavy (non-hydrogen) atoms. The number of nitrogens with zero attached hydrogens (tertiary/aromatic N) is 1. The van der Waals surface area contributed by atoms with E-state index in [1.54, 1.807) is 0 Å². The second kappa shape index (κ2) is 5.72. The van der Waals surface area contributed by atoms with Gasteiger partial charge in [0.2, 0.25) is 0 Å². The average Bonchev–Trinajstić information content (AvgIpc) is 2.38. The van der Waals surface area contributed by atoms with Gasteiger partial charge < -0.3 is 4.74 Å². The average molecular weight is 261 g/mol. The first-order valence-electron chi connectivity index (χ1n) is 7.25. The van der Waals surface area contributed by atoms with E-state index in [1.807, 2.05) is 13.0 Å². The summed E-state index contributed by atoms with van der Waals surface area (Å²) in [5.74, 6) is 0.496. The number of rotatable bonds is 3. The fourth-order valence-electron chi connectivity index (χ4n) is 2.76. The van der Waals surface area contributed by atoms with E-state index in [9.17, 15) is 4.79 Å². The second-order valence-corrected chi connectivity index (χ2v) is 5.63. The summed E-state index contributed by atoms with van der Waals surface area (Å²) < 4.78 is 5.16. The van der Waals surface area contributed by atoms with Crippen LogP contribution in [-0.4, -0.2) is 17.6 Å². The summed E-state index contributed by atoms with van der Waals surface area (Å²) in [5.41, 5.74) is 3.95. The summed E-state index contributed by atoms with van der Waals surface area (Å²) in [5, 5.41) is 0. The molecule has 1 aromatic rings. The van der Waals surface area contributed by atoms with Gasteiger partial charge in [-0.15, -0.1) is 0 Å². The molecule has 2 rings (SSSR count). The van der Waals surface area contributed by atoms with Crippen molar-refractivity contribution < 1.29 is 9.53 Å². The van der Waals surface area contributed by atoms with Crippen LogP contribution in [0.2, 0.25) is 0 Å². The second-order valence-electron chi connectivity index (χ2n) is 5.63. The lowest BCUT2D eigenvalue weighted by atomic mass is 9.86. The summed E-state index contributed by atoms with van der Waals surface area (Å²) in [6, 6.07) is 2.02. The molecule has 1 aliphatic carbocycles. The molecular formula is C16H23NO2. The minimum atomic E-state index is -0.236. The van der Waals surface area contributed by atoms with Crippen LogP contribution in [0.25, 0.3) is 0 Å².